The van der Waals surface area contributed by atoms with Crippen molar-refractivity contribution in [3.63, 3.8) is 0 Å². The molecule has 0 N–H and O–H groups in total. The number of carbonyl (C=O) groups excluding carboxylic acids is 2. The van der Waals surface area contributed by atoms with Crippen molar-refractivity contribution in [1.29, 1.82) is 0 Å². The van der Waals surface area contributed by atoms with Crippen molar-refractivity contribution >= 4 is 17.6 Å². The van der Waals surface area contributed by atoms with Crippen molar-refractivity contribution in [2.24, 2.45) is 0 Å². The highest BCUT2D eigenvalue weighted by atomic mass is 16.5. The number of aromatic nitrogens is 1. The topological polar surface area (TPSA) is 72.6 Å². The first-order chi connectivity index (χ1) is 10.6. The van der Waals surface area contributed by atoms with Crippen LogP contribution in [0.2, 0.25) is 0 Å². The highest BCUT2D eigenvalue weighted by molar-refractivity contribution is 6.05. The summed E-state index contributed by atoms with van der Waals surface area (Å²) in [6.07, 6.45) is 0.516. The number of rotatable bonds is 2. The van der Waals surface area contributed by atoms with Gasteiger partial charge >= 0.3 is 5.97 Å². The lowest BCUT2D eigenvalue weighted by molar-refractivity contribution is -0.142. The maximum absolute atomic E-state index is 12.6. The molecule has 2 heterocycles. The molecular formula is C16H16N2O4. The van der Waals surface area contributed by atoms with Crippen LogP contribution in [-0.2, 0) is 9.53 Å². The van der Waals surface area contributed by atoms with Gasteiger partial charge in [0, 0.05) is 18.3 Å². The number of hydrogen-bond donors (Lipinski definition) is 0. The molecule has 6 nitrogen and oxygen atoms in total. The van der Waals surface area contributed by atoms with Crippen LogP contribution in [0, 0.1) is 6.92 Å². The molecule has 1 aliphatic rings. The van der Waals surface area contributed by atoms with Crippen LogP contribution in [0.25, 0.3) is 0 Å². The van der Waals surface area contributed by atoms with Crippen molar-refractivity contribution in [3.8, 4) is 0 Å². The summed E-state index contributed by atoms with van der Waals surface area (Å²) in [5.41, 5.74) is 2.16. The number of ether oxygens (including phenoxy) is 1. The van der Waals surface area contributed by atoms with Gasteiger partial charge in [0.25, 0.3) is 5.91 Å². The standard InChI is InChI=1S/C16H16N2O4/c1-10-9-14(22-17-10)15(19)18-8-7-12(16(20)21-2)11-5-3-4-6-13(11)18/h3-6,9,12H,7-8H2,1-2H3. The molecule has 0 aliphatic carbocycles. The molecule has 1 aliphatic heterocycles. The van der Waals surface area contributed by atoms with Crippen LogP contribution in [0.3, 0.4) is 0 Å². The van der Waals surface area contributed by atoms with Crippen molar-refractivity contribution in [1.82, 2.24) is 5.16 Å². The van der Waals surface area contributed by atoms with Crippen LogP contribution < -0.4 is 4.90 Å². The summed E-state index contributed by atoms with van der Waals surface area (Å²) in [5.74, 6) is -0.683. The number of esters is 1. The summed E-state index contributed by atoms with van der Waals surface area (Å²) in [5, 5.41) is 3.75. The molecule has 1 amide bonds. The number of anilines is 1. The first kappa shape index (κ1) is 14.3. The molecule has 114 valence electrons. The molecule has 2 aromatic rings. The Bertz CT molecular complexity index is 722. The third-order valence-electron chi connectivity index (χ3n) is 3.81. The van der Waals surface area contributed by atoms with E-state index in [-0.39, 0.29) is 23.6 Å². The second-order valence-corrected chi connectivity index (χ2v) is 5.21. The van der Waals surface area contributed by atoms with Crippen molar-refractivity contribution in [2.45, 2.75) is 19.3 Å². The summed E-state index contributed by atoms with van der Waals surface area (Å²) in [7, 11) is 1.37. The van der Waals surface area contributed by atoms with Gasteiger partial charge in [-0.3, -0.25) is 9.59 Å². The van der Waals surface area contributed by atoms with Crippen LogP contribution in [0.5, 0.6) is 0 Å². The highest BCUT2D eigenvalue weighted by Crippen LogP contribution is 2.36. The molecule has 1 atom stereocenters. The normalized spacial score (nSPS) is 17.0. The zero-order valence-electron chi connectivity index (χ0n) is 12.4. The third kappa shape index (κ3) is 2.36. The molecule has 0 bridgehead atoms. The SMILES string of the molecule is COC(=O)C1CCN(C(=O)c2cc(C)no2)c2ccccc21. The maximum atomic E-state index is 12.6. The molecule has 1 unspecified atom stereocenters. The Morgan fingerprint density at radius 1 is 1.36 bits per heavy atom. The summed E-state index contributed by atoms with van der Waals surface area (Å²) in [6.45, 7) is 2.19. The smallest absolute Gasteiger partial charge is 0.313 e. The lowest BCUT2D eigenvalue weighted by atomic mass is 9.90. The number of carbonyl (C=O) groups is 2. The quantitative estimate of drug-likeness (QED) is 0.796. The molecule has 0 saturated carbocycles. The number of hydrogen-bond acceptors (Lipinski definition) is 5. The van der Waals surface area contributed by atoms with E-state index in [1.54, 1.807) is 17.9 Å². The Labute approximate surface area is 127 Å². The van der Waals surface area contributed by atoms with E-state index in [0.29, 0.717) is 24.3 Å². The van der Waals surface area contributed by atoms with E-state index < -0.39 is 0 Å². The fourth-order valence-corrected chi connectivity index (χ4v) is 2.76. The van der Waals surface area contributed by atoms with Crippen LogP contribution in [0.1, 0.15) is 34.2 Å². The second-order valence-electron chi connectivity index (χ2n) is 5.21. The Morgan fingerprint density at radius 2 is 2.14 bits per heavy atom. The van der Waals surface area contributed by atoms with Gasteiger partial charge < -0.3 is 14.2 Å². The largest absolute Gasteiger partial charge is 0.469 e. The number of benzene rings is 1. The fourth-order valence-electron chi connectivity index (χ4n) is 2.76. The Morgan fingerprint density at radius 3 is 2.82 bits per heavy atom. The predicted octanol–water partition coefficient (Wildman–Crippen LogP) is 2.29. The average molecular weight is 300 g/mol. The number of amides is 1. The van der Waals surface area contributed by atoms with Gasteiger partial charge in [0.05, 0.1) is 18.7 Å². The zero-order valence-corrected chi connectivity index (χ0v) is 12.4. The molecule has 0 spiro atoms. The van der Waals surface area contributed by atoms with Crippen LogP contribution in [0.4, 0.5) is 5.69 Å². The third-order valence-corrected chi connectivity index (χ3v) is 3.81. The first-order valence-electron chi connectivity index (χ1n) is 7.03. The molecule has 0 saturated heterocycles. The van der Waals surface area contributed by atoms with E-state index in [4.69, 9.17) is 9.26 Å². The minimum atomic E-state index is -0.346. The van der Waals surface area contributed by atoms with Crippen LogP contribution in [0.15, 0.2) is 34.9 Å². The lowest BCUT2D eigenvalue weighted by Gasteiger charge is -2.32. The highest BCUT2D eigenvalue weighted by Gasteiger charge is 2.34. The molecule has 0 radical (unpaired) electrons. The van der Waals surface area contributed by atoms with Gasteiger partial charge in [0.1, 0.15) is 0 Å². The molecule has 0 fully saturated rings. The van der Waals surface area contributed by atoms with E-state index in [9.17, 15) is 9.59 Å². The maximum Gasteiger partial charge on any atom is 0.313 e. The van der Waals surface area contributed by atoms with E-state index in [0.717, 1.165) is 5.56 Å². The average Bonchev–Trinajstić information content (AvgIpc) is 2.99. The minimum absolute atomic E-state index is 0.198. The Kier molecular flexibility index (Phi) is 3.66. The summed E-state index contributed by atoms with van der Waals surface area (Å²) in [6, 6.07) is 8.97. The summed E-state index contributed by atoms with van der Waals surface area (Å²) < 4.78 is 9.92. The van der Waals surface area contributed by atoms with Crippen LogP contribution >= 0.6 is 0 Å². The fraction of sp³-hybridized carbons (Fsp3) is 0.312. The number of aryl methyl sites for hydroxylation is 1. The van der Waals surface area contributed by atoms with Gasteiger partial charge in [-0.15, -0.1) is 0 Å². The second kappa shape index (κ2) is 5.63. The zero-order chi connectivity index (χ0) is 15.7. The summed E-state index contributed by atoms with van der Waals surface area (Å²) in [4.78, 5) is 26.1. The molecule has 1 aromatic heterocycles. The van der Waals surface area contributed by atoms with Gasteiger partial charge in [-0.2, -0.15) is 0 Å². The van der Waals surface area contributed by atoms with Crippen molar-refractivity contribution in [3.05, 3.63) is 47.3 Å². The van der Waals surface area contributed by atoms with Crippen molar-refractivity contribution < 1.29 is 18.8 Å². The summed E-state index contributed by atoms with van der Waals surface area (Å²) >= 11 is 0. The Hall–Kier alpha value is -2.63. The van der Waals surface area contributed by atoms with Crippen molar-refractivity contribution in [2.75, 3.05) is 18.6 Å². The van der Waals surface area contributed by atoms with Gasteiger partial charge in [0.15, 0.2) is 0 Å². The first-order valence-corrected chi connectivity index (χ1v) is 7.03. The van der Waals surface area contributed by atoms with Gasteiger partial charge in [-0.1, -0.05) is 23.4 Å². The molecule has 6 heteroatoms. The van der Waals surface area contributed by atoms with E-state index in [1.807, 2.05) is 24.3 Å². The molecule has 22 heavy (non-hydrogen) atoms. The number of nitrogens with zero attached hydrogens (tertiary/aromatic N) is 2. The lowest BCUT2D eigenvalue weighted by Crippen LogP contribution is -2.38. The van der Waals surface area contributed by atoms with Gasteiger partial charge in [-0.25, -0.2) is 0 Å². The molecule has 3 rings (SSSR count). The van der Waals surface area contributed by atoms with E-state index in [1.165, 1.54) is 7.11 Å². The van der Waals surface area contributed by atoms with Gasteiger partial charge in [0.2, 0.25) is 5.76 Å². The Balaban J connectivity index is 1.97. The monoisotopic (exact) mass is 300 g/mol. The number of para-hydroxylation sites is 1. The van der Waals surface area contributed by atoms with E-state index >= 15 is 0 Å². The van der Waals surface area contributed by atoms with Gasteiger partial charge in [-0.05, 0) is 25.0 Å². The number of methoxy groups -OCH3 is 1. The molecular weight excluding hydrogens is 284 g/mol. The number of fused-ring (bicyclic) bond motifs is 1. The van der Waals surface area contributed by atoms with E-state index in [2.05, 4.69) is 5.16 Å². The molecule has 1 aromatic carbocycles. The minimum Gasteiger partial charge on any atom is -0.469 e. The predicted molar refractivity (Wildman–Crippen MR) is 78.7 cm³/mol. The van der Waals surface area contributed by atoms with Crippen LogP contribution in [-0.4, -0.2) is 30.7 Å².